The van der Waals surface area contributed by atoms with Crippen LogP contribution in [0.3, 0.4) is 0 Å². The van der Waals surface area contributed by atoms with Gasteiger partial charge in [0.25, 0.3) is 0 Å². The number of halogens is 1. The third kappa shape index (κ3) is 4.80. The molecule has 24 heavy (non-hydrogen) atoms. The van der Waals surface area contributed by atoms with E-state index in [-0.39, 0.29) is 11.7 Å². The van der Waals surface area contributed by atoms with E-state index in [0.717, 1.165) is 22.7 Å². The molecule has 0 amide bonds. The first-order chi connectivity index (χ1) is 11.4. The van der Waals surface area contributed by atoms with Crippen molar-refractivity contribution in [3.8, 4) is 0 Å². The van der Waals surface area contributed by atoms with Crippen molar-refractivity contribution < 1.29 is 4.39 Å². The van der Waals surface area contributed by atoms with E-state index in [9.17, 15) is 4.39 Å². The van der Waals surface area contributed by atoms with Gasteiger partial charge in [0.2, 0.25) is 11.9 Å². The summed E-state index contributed by atoms with van der Waals surface area (Å²) in [6, 6.07) is 4.88. The molecule has 0 spiro atoms. The molecule has 0 bridgehead atoms. The quantitative estimate of drug-likeness (QED) is 0.823. The fraction of sp³-hybridized carbons (Fsp3) is 0.471. The van der Waals surface area contributed by atoms with Crippen LogP contribution in [-0.2, 0) is 12.3 Å². The van der Waals surface area contributed by atoms with Gasteiger partial charge in [0, 0.05) is 32.3 Å². The van der Waals surface area contributed by atoms with Crippen molar-refractivity contribution in [3.05, 3.63) is 41.0 Å². The van der Waals surface area contributed by atoms with Crippen molar-refractivity contribution >= 4 is 23.7 Å². The van der Waals surface area contributed by atoms with Gasteiger partial charge in [-0.05, 0) is 29.5 Å². The number of thioether (sulfide) groups is 1. The maximum absolute atomic E-state index is 13.4. The second kappa shape index (κ2) is 8.28. The molecular formula is C17H24FN5S. The van der Waals surface area contributed by atoms with Crippen LogP contribution in [0.15, 0.2) is 18.2 Å². The van der Waals surface area contributed by atoms with Crippen LogP contribution in [-0.4, -0.2) is 35.3 Å². The molecule has 1 N–H and O–H groups in total. The molecule has 130 valence electrons. The van der Waals surface area contributed by atoms with Gasteiger partial charge in [-0.15, -0.1) is 0 Å². The summed E-state index contributed by atoms with van der Waals surface area (Å²) >= 11 is 1.67. The van der Waals surface area contributed by atoms with E-state index in [1.54, 1.807) is 17.8 Å². The van der Waals surface area contributed by atoms with E-state index < -0.39 is 0 Å². The minimum absolute atomic E-state index is 0.208. The minimum Gasteiger partial charge on any atom is -0.350 e. The first kappa shape index (κ1) is 18.4. The molecule has 0 aliphatic rings. The fourth-order valence-electron chi connectivity index (χ4n) is 2.15. The molecule has 0 aliphatic heterocycles. The lowest BCUT2D eigenvalue weighted by molar-refractivity contribution is 0.625. The first-order valence-corrected chi connectivity index (χ1v) is 9.23. The van der Waals surface area contributed by atoms with Crippen LogP contribution >= 0.6 is 11.8 Å². The van der Waals surface area contributed by atoms with Gasteiger partial charge >= 0.3 is 0 Å². The Hall–Kier alpha value is -1.89. The Morgan fingerprint density at radius 1 is 1.17 bits per heavy atom. The molecule has 1 aromatic carbocycles. The van der Waals surface area contributed by atoms with Gasteiger partial charge in [-0.3, -0.25) is 0 Å². The Kier molecular flexibility index (Phi) is 6.36. The highest BCUT2D eigenvalue weighted by Gasteiger charge is 2.11. The number of aromatic nitrogens is 3. The summed E-state index contributed by atoms with van der Waals surface area (Å²) in [4.78, 5) is 15.2. The molecule has 5 nitrogen and oxygen atoms in total. The van der Waals surface area contributed by atoms with Gasteiger partial charge in [0.15, 0.2) is 0 Å². The van der Waals surface area contributed by atoms with Crippen molar-refractivity contribution in [2.75, 3.05) is 30.6 Å². The summed E-state index contributed by atoms with van der Waals surface area (Å²) in [6.45, 7) is 4.65. The predicted molar refractivity (Wildman–Crippen MR) is 99.2 cm³/mol. The van der Waals surface area contributed by atoms with E-state index in [2.05, 4.69) is 34.1 Å². The van der Waals surface area contributed by atoms with Crippen LogP contribution in [0.5, 0.6) is 0 Å². The lowest BCUT2D eigenvalue weighted by atomic mass is 10.1. The minimum atomic E-state index is -0.208. The first-order valence-electron chi connectivity index (χ1n) is 7.84. The largest absolute Gasteiger partial charge is 0.350 e. The van der Waals surface area contributed by atoms with E-state index in [1.807, 2.05) is 31.3 Å². The SMILES string of the molecule is CSCc1cc(F)ccc1CNc1nc(C(C)C)nc(N(C)C)n1. The number of hydrogen-bond acceptors (Lipinski definition) is 6. The lowest BCUT2D eigenvalue weighted by Crippen LogP contribution is -2.17. The van der Waals surface area contributed by atoms with Gasteiger partial charge in [0.05, 0.1) is 0 Å². The zero-order valence-electron chi connectivity index (χ0n) is 14.8. The Morgan fingerprint density at radius 2 is 1.92 bits per heavy atom. The molecule has 0 saturated heterocycles. The summed E-state index contributed by atoms with van der Waals surface area (Å²) in [5, 5.41) is 3.25. The van der Waals surface area contributed by atoms with Crippen molar-refractivity contribution in [2.24, 2.45) is 0 Å². The Labute approximate surface area is 147 Å². The Bertz CT molecular complexity index is 664. The molecule has 0 unspecified atom stereocenters. The Morgan fingerprint density at radius 3 is 2.54 bits per heavy atom. The zero-order chi connectivity index (χ0) is 17.7. The topological polar surface area (TPSA) is 53.9 Å². The summed E-state index contributed by atoms with van der Waals surface area (Å²) in [7, 11) is 3.81. The predicted octanol–water partition coefficient (Wildman–Crippen LogP) is 3.68. The molecule has 0 radical (unpaired) electrons. The molecule has 1 heterocycles. The van der Waals surface area contributed by atoms with Crippen LogP contribution in [0.2, 0.25) is 0 Å². The van der Waals surface area contributed by atoms with Crippen molar-refractivity contribution in [1.82, 2.24) is 15.0 Å². The average molecular weight is 349 g/mol. The second-order valence-electron chi connectivity index (χ2n) is 6.07. The normalized spacial score (nSPS) is 11.0. The second-order valence-corrected chi connectivity index (χ2v) is 6.93. The summed E-state index contributed by atoms with van der Waals surface area (Å²) in [6.07, 6.45) is 2.01. The monoisotopic (exact) mass is 349 g/mol. The molecule has 2 rings (SSSR count). The van der Waals surface area contributed by atoms with Crippen LogP contribution in [0.25, 0.3) is 0 Å². The lowest BCUT2D eigenvalue weighted by Gasteiger charge is -2.15. The van der Waals surface area contributed by atoms with E-state index in [0.29, 0.717) is 18.4 Å². The highest BCUT2D eigenvalue weighted by molar-refractivity contribution is 7.97. The highest BCUT2D eigenvalue weighted by Crippen LogP contribution is 2.19. The smallest absolute Gasteiger partial charge is 0.229 e. The molecule has 0 saturated carbocycles. The molecule has 0 fully saturated rings. The van der Waals surface area contributed by atoms with Crippen molar-refractivity contribution in [2.45, 2.75) is 32.1 Å². The van der Waals surface area contributed by atoms with Crippen LogP contribution in [0, 0.1) is 5.82 Å². The summed E-state index contributed by atoms with van der Waals surface area (Å²) < 4.78 is 13.4. The van der Waals surface area contributed by atoms with Crippen LogP contribution in [0.1, 0.15) is 36.7 Å². The van der Waals surface area contributed by atoms with E-state index in [1.165, 1.54) is 6.07 Å². The van der Waals surface area contributed by atoms with Gasteiger partial charge in [-0.25, -0.2) is 4.39 Å². The standard InChI is InChI=1S/C17H24FN5S/c1-11(2)15-20-16(22-17(21-15)23(3)4)19-9-12-6-7-14(18)8-13(12)10-24-5/h6-8,11H,9-10H2,1-5H3,(H,19,20,21,22). The van der Waals surface area contributed by atoms with Gasteiger partial charge in [-0.1, -0.05) is 19.9 Å². The molecule has 2 aromatic rings. The van der Waals surface area contributed by atoms with Crippen LogP contribution < -0.4 is 10.2 Å². The zero-order valence-corrected chi connectivity index (χ0v) is 15.6. The number of benzene rings is 1. The maximum Gasteiger partial charge on any atom is 0.229 e. The third-order valence-electron chi connectivity index (χ3n) is 3.46. The highest BCUT2D eigenvalue weighted by atomic mass is 32.2. The molecule has 0 atom stereocenters. The molecule has 0 aliphatic carbocycles. The Balaban J connectivity index is 2.22. The third-order valence-corrected chi connectivity index (χ3v) is 4.06. The van der Waals surface area contributed by atoms with Crippen molar-refractivity contribution in [1.29, 1.82) is 0 Å². The number of nitrogens with one attached hydrogen (secondary N) is 1. The molecular weight excluding hydrogens is 325 g/mol. The summed E-state index contributed by atoms with van der Waals surface area (Å²) in [5.41, 5.74) is 2.03. The van der Waals surface area contributed by atoms with Gasteiger partial charge < -0.3 is 10.2 Å². The van der Waals surface area contributed by atoms with Gasteiger partial charge in [0.1, 0.15) is 11.6 Å². The van der Waals surface area contributed by atoms with Crippen LogP contribution in [0.4, 0.5) is 16.3 Å². The van der Waals surface area contributed by atoms with Crippen molar-refractivity contribution in [3.63, 3.8) is 0 Å². The molecule has 1 aromatic heterocycles. The number of hydrogen-bond donors (Lipinski definition) is 1. The molecule has 7 heteroatoms. The number of rotatable bonds is 7. The van der Waals surface area contributed by atoms with E-state index in [4.69, 9.17) is 0 Å². The van der Waals surface area contributed by atoms with Gasteiger partial charge in [-0.2, -0.15) is 26.7 Å². The average Bonchev–Trinajstić information content (AvgIpc) is 2.54. The maximum atomic E-state index is 13.4. The summed E-state index contributed by atoms with van der Waals surface area (Å²) in [5.74, 6) is 2.69. The fourth-order valence-corrected chi connectivity index (χ4v) is 2.73. The number of nitrogens with zero attached hydrogens (tertiary/aromatic N) is 4. The van der Waals surface area contributed by atoms with E-state index >= 15 is 0 Å². The number of anilines is 2.